The molecule has 15 heavy (non-hydrogen) atoms. The van der Waals surface area contributed by atoms with Crippen molar-refractivity contribution in [2.45, 2.75) is 32.6 Å². The van der Waals surface area contributed by atoms with Crippen LogP contribution in [-0.2, 0) is 6.42 Å². The molecule has 0 N–H and O–H groups in total. The summed E-state index contributed by atoms with van der Waals surface area (Å²) in [7, 11) is 0. The first-order chi connectivity index (χ1) is 7.31. The van der Waals surface area contributed by atoms with Gasteiger partial charge in [-0.2, -0.15) is 0 Å². The maximum Gasteiger partial charge on any atom is 0.347 e. The molecular formula is C12H14O3. The van der Waals surface area contributed by atoms with Crippen LogP contribution < -0.4 is 5.63 Å². The molecule has 0 bridgehead atoms. The van der Waals surface area contributed by atoms with Gasteiger partial charge in [0.1, 0.15) is 16.7 Å². The molecule has 2 aromatic heterocycles. The molecule has 2 heterocycles. The molecule has 3 heteroatoms. The molecule has 0 saturated carbocycles. The van der Waals surface area contributed by atoms with E-state index in [2.05, 4.69) is 6.92 Å². The molecule has 0 aliphatic heterocycles. The molecule has 3 nitrogen and oxygen atoms in total. The molecule has 0 fully saturated rings. The van der Waals surface area contributed by atoms with Gasteiger partial charge in [-0.1, -0.05) is 19.8 Å². The molecule has 0 unspecified atom stereocenters. The molecule has 0 aromatic carbocycles. The maximum atomic E-state index is 11.5. The van der Waals surface area contributed by atoms with Gasteiger partial charge in [-0.25, -0.2) is 4.79 Å². The molecule has 0 atom stereocenters. The Kier molecular flexibility index (Phi) is 2.90. The first kappa shape index (κ1) is 10.0. The van der Waals surface area contributed by atoms with Crippen LogP contribution in [-0.4, -0.2) is 0 Å². The predicted octanol–water partition coefficient (Wildman–Crippen LogP) is 3.12. The highest BCUT2D eigenvalue weighted by Gasteiger charge is 2.06. The normalized spacial score (nSPS) is 11.0. The number of unbranched alkanes of at least 4 members (excludes halogenated alkanes) is 2. The summed E-state index contributed by atoms with van der Waals surface area (Å²) in [4.78, 5) is 11.5. The van der Waals surface area contributed by atoms with E-state index >= 15 is 0 Å². The van der Waals surface area contributed by atoms with E-state index in [9.17, 15) is 4.79 Å². The molecule has 0 aliphatic rings. The van der Waals surface area contributed by atoms with E-state index in [1.54, 1.807) is 6.07 Å². The first-order valence-corrected chi connectivity index (χ1v) is 5.31. The fourth-order valence-electron chi connectivity index (χ4n) is 1.62. The smallest absolute Gasteiger partial charge is 0.347 e. The number of furan rings is 1. The first-order valence-electron chi connectivity index (χ1n) is 5.31. The second kappa shape index (κ2) is 4.34. The van der Waals surface area contributed by atoms with Crippen LogP contribution in [0, 0.1) is 0 Å². The lowest BCUT2D eigenvalue weighted by Crippen LogP contribution is -2.00. The van der Waals surface area contributed by atoms with Crippen molar-refractivity contribution in [3.8, 4) is 0 Å². The summed E-state index contributed by atoms with van der Waals surface area (Å²) in [5.74, 6) is 0.718. The van der Waals surface area contributed by atoms with Crippen LogP contribution in [0.5, 0.6) is 0 Å². The number of aryl methyl sites for hydroxylation is 1. The third-order valence-electron chi connectivity index (χ3n) is 2.46. The Bertz CT molecular complexity index is 493. The lowest BCUT2D eigenvalue weighted by Gasteiger charge is -1.98. The quantitative estimate of drug-likeness (QED) is 0.722. The van der Waals surface area contributed by atoms with Gasteiger partial charge in [0.2, 0.25) is 0 Å². The summed E-state index contributed by atoms with van der Waals surface area (Å²) in [5, 5.41) is 0.522. The minimum Gasteiger partial charge on any atom is -0.464 e. The third kappa shape index (κ3) is 2.12. The fourth-order valence-corrected chi connectivity index (χ4v) is 1.62. The minimum absolute atomic E-state index is 0.298. The summed E-state index contributed by atoms with van der Waals surface area (Å²) in [6.07, 6.45) is 5.68. The van der Waals surface area contributed by atoms with E-state index in [0.717, 1.165) is 31.4 Å². The molecular weight excluding hydrogens is 192 g/mol. The van der Waals surface area contributed by atoms with Crippen LogP contribution in [0.1, 0.15) is 31.9 Å². The number of rotatable bonds is 4. The van der Waals surface area contributed by atoms with Crippen LogP contribution in [0.2, 0.25) is 0 Å². The maximum absolute atomic E-state index is 11.5. The van der Waals surface area contributed by atoms with Gasteiger partial charge < -0.3 is 8.83 Å². The number of hydrogen-bond donors (Lipinski definition) is 0. The second-order valence-corrected chi connectivity index (χ2v) is 3.66. The highest BCUT2D eigenvalue weighted by molar-refractivity contribution is 5.75. The second-order valence-electron chi connectivity index (χ2n) is 3.66. The van der Waals surface area contributed by atoms with Gasteiger partial charge in [-0.05, 0) is 12.5 Å². The van der Waals surface area contributed by atoms with Crippen molar-refractivity contribution in [2.24, 2.45) is 0 Å². The number of fused-ring (bicyclic) bond motifs is 1. The van der Waals surface area contributed by atoms with Crippen LogP contribution in [0.25, 0.3) is 11.0 Å². The van der Waals surface area contributed by atoms with Crippen LogP contribution >= 0.6 is 0 Å². The molecule has 0 saturated heterocycles. The van der Waals surface area contributed by atoms with Crippen molar-refractivity contribution in [1.29, 1.82) is 0 Å². The predicted molar refractivity (Wildman–Crippen MR) is 58.0 cm³/mol. The van der Waals surface area contributed by atoms with E-state index in [4.69, 9.17) is 8.83 Å². The van der Waals surface area contributed by atoms with Gasteiger partial charge in [0.25, 0.3) is 0 Å². The molecule has 0 radical (unpaired) electrons. The van der Waals surface area contributed by atoms with Gasteiger partial charge in [0, 0.05) is 12.5 Å². The van der Waals surface area contributed by atoms with Crippen molar-refractivity contribution >= 4 is 11.0 Å². The Labute approximate surface area is 87.7 Å². The molecule has 0 aliphatic carbocycles. The molecule has 2 rings (SSSR count). The third-order valence-corrected chi connectivity index (χ3v) is 2.46. The highest BCUT2D eigenvalue weighted by Crippen LogP contribution is 2.14. The van der Waals surface area contributed by atoms with Crippen LogP contribution in [0.3, 0.4) is 0 Å². The van der Waals surface area contributed by atoms with Crippen molar-refractivity contribution in [3.63, 3.8) is 0 Å². The van der Waals surface area contributed by atoms with Crippen molar-refractivity contribution in [3.05, 3.63) is 34.6 Å². The number of hydrogen-bond acceptors (Lipinski definition) is 3. The summed E-state index contributed by atoms with van der Waals surface area (Å²) < 4.78 is 10.4. The Hall–Kier alpha value is -1.51. The zero-order valence-electron chi connectivity index (χ0n) is 8.79. The molecule has 2 aromatic rings. The largest absolute Gasteiger partial charge is 0.464 e. The van der Waals surface area contributed by atoms with E-state index < -0.39 is 0 Å². The van der Waals surface area contributed by atoms with Gasteiger partial charge in [0.05, 0.1) is 6.26 Å². The van der Waals surface area contributed by atoms with Gasteiger partial charge in [-0.15, -0.1) is 0 Å². The van der Waals surface area contributed by atoms with Crippen LogP contribution in [0.4, 0.5) is 0 Å². The van der Waals surface area contributed by atoms with E-state index in [1.807, 2.05) is 6.07 Å². The molecule has 0 spiro atoms. The van der Waals surface area contributed by atoms with Gasteiger partial charge in [-0.3, -0.25) is 0 Å². The standard InChI is InChI=1S/C12H14O3/c1-2-3-4-5-9-8-11-10(6-7-14-11)12(13)15-9/h6-8H,2-5H2,1H3. The van der Waals surface area contributed by atoms with Crippen LogP contribution in [0.15, 0.2) is 32.0 Å². The monoisotopic (exact) mass is 206 g/mol. The lowest BCUT2D eigenvalue weighted by molar-refractivity contribution is 0.455. The Morgan fingerprint density at radius 1 is 1.33 bits per heavy atom. The van der Waals surface area contributed by atoms with Crippen molar-refractivity contribution in [2.75, 3.05) is 0 Å². The Morgan fingerprint density at radius 2 is 2.20 bits per heavy atom. The SMILES string of the molecule is CCCCCc1cc2occc2c(=O)o1. The zero-order chi connectivity index (χ0) is 10.7. The topological polar surface area (TPSA) is 43.4 Å². The highest BCUT2D eigenvalue weighted by atomic mass is 16.4. The van der Waals surface area contributed by atoms with Crippen molar-refractivity contribution < 1.29 is 8.83 Å². The van der Waals surface area contributed by atoms with E-state index in [1.165, 1.54) is 6.26 Å². The zero-order valence-corrected chi connectivity index (χ0v) is 8.79. The Morgan fingerprint density at radius 3 is 3.00 bits per heavy atom. The lowest BCUT2D eigenvalue weighted by atomic mass is 10.1. The summed E-state index contributed by atoms with van der Waals surface area (Å²) in [5.41, 5.74) is 0.325. The summed E-state index contributed by atoms with van der Waals surface area (Å²) in [6, 6.07) is 3.45. The average Bonchev–Trinajstić information content (AvgIpc) is 2.66. The minimum atomic E-state index is -0.298. The Balaban J connectivity index is 2.25. The summed E-state index contributed by atoms with van der Waals surface area (Å²) in [6.45, 7) is 2.14. The van der Waals surface area contributed by atoms with Crippen molar-refractivity contribution in [1.82, 2.24) is 0 Å². The summed E-state index contributed by atoms with van der Waals surface area (Å²) >= 11 is 0. The molecule has 0 amide bonds. The van der Waals surface area contributed by atoms with E-state index in [0.29, 0.717) is 11.0 Å². The fraction of sp³-hybridized carbons (Fsp3) is 0.417. The molecule has 80 valence electrons. The van der Waals surface area contributed by atoms with Gasteiger partial charge in [0.15, 0.2) is 0 Å². The van der Waals surface area contributed by atoms with Gasteiger partial charge >= 0.3 is 5.63 Å². The van der Waals surface area contributed by atoms with E-state index in [-0.39, 0.29) is 5.63 Å². The average molecular weight is 206 g/mol.